The van der Waals surface area contributed by atoms with E-state index in [4.69, 9.17) is 9.47 Å². The third kappa shape index (κ3) is 13.2. The van der Waals surface area contributed by atoms with Crippen LogP contribution in [-0.2, 0) is 9.47 Å². The molecule has 0 fully saturated rings. The van der Waals surface area contributed by atoms with Crippen molar-refractivity contribution in [3.8, 4) is 0 Å². The minimum Gasteiger partial charge on any atom is -0.462 e. The van der Waals surface area contributed by atoms with Crippen molar-refractivity contribution in [3.05, 3.63) is 35.4 Å². The quantitative estimate of drug-likeness (QED) is 0.165. The Kier molecular flexibility index (Phi) is 16.6. The molecule has 1 rings (SSSR count). The fraction of sp³-hybridized carbons (Fsp3) is 0.704. The Morgan fingerprint density at radius 1 is 0.548 bits per heavy atom. The Bertz CT molecular complexity index is 597. The topological polar surface area (TPSA) is 52.6 Å². The standard InChI is InChI=1S/C27H44O4/c1-3-5-7-8-9-10-11-12-13-14-15-16-19-23-31-27(29)25-21-18-17-20-24(25)26(28)30-22-6-4-2/h17-18,20-21H,3-16,19,22-23H2,1-2H3. The predicted octanol–water partition coefficient (Wildman–Crippen LogP) is 7.89. The van der Waals surface area contributed by atoms with E-state index < -0.39 is 11.9 Å². The molecule has 0 N–H and O–H groups in total. The van der Waals surface area contributed by atoms with Crippen molar-refractivity contribution in [2.45, 2.75) is 110 Å². The maximum absolute atomic E-state index is 12.4. The van der Waals surface area contributed by atoms with Gasteiger partial charge in [-0.1, -0.05) is 109 Å². The number of carbonyl (C=O) groups excluding carboxylic acids is 2. The summed E-state index contributed by atoms with van der Waals surface area (Å²) in [5.74, 6) is -0.899. The van der Waals surface area contributed by atoms with Gasteiger partial charge >= 0.3 is 11.9 Å². The Hall–Kier alpha value is -1.84. The summed E-state index contributed by atoms with van der Waals surface area (Å²) in [5.41, 5.74) is 0.577. The number of carbonyl (C=O) groups is 2. The van der Waals surface area contributed by atoms with Crippen LogP contribution < -0.4 is 0 Å². The van der Waals surface area contributed by atoms with Crippen LogP contribution in [0.15, 0.2) is 24.3 Å². The Labute approximate surface area is 190 Å². The molecule has 0 amide bonds. The number of rotatable bonds is 19. The van der Waals surface area contributed by atoms with Crippen molar-refractivity contribution < 1.29 is 19.1 Å². The highest BCUT2D eigenvalue weighted by molar-refractivity contribution is 6.03. The van der Waals surface area contributed by atoms with Gasteiger partial charge in [-0.25, -0.2) is 9.59 Å². The van der Waals surface area contributed by atoms with Crippen LogP contribution in [0.4, 0.5) is 0 Å². The Balaban J connectivity index is 2.10. The number of hydrogen-bond donors (Lipinski definition) is 0. The van der Waals surface area contributed by atoms with Gasteiger partial charge in [0, 0.05) is 0 Å². The summed E-state index contributed by atoms with van der Waals surface area (Å²) in [5, 5.41) is 0. The molecule has 0 saturated heterocycles. The zero-order valence-corrected chi connectivity index (χ0v) is 20.0. The first-order valence-electron chi connectivity index (χ1n) is 12.6. The summed E-state index contributed by atoms with van der Waals surface area (Å²) in [6, 6.07) is 6.73. The minimum atomic E-state index is -0.457. The van der Waals surface area contributed by atoms with E-state index in [1.54, 1.807) is 24.3 Å². The van der Waals surface area contributed by atoms with E-state index in [0.29, 0.717) is 18.8 Å². The first-order chi connectivity index (χ1) is 15.2. The molecule has 0 aliphatic rings. The molecular weight excluding hydrogens is 388 g/mol. The SMILES string of the molecule is CCCCCCCCCCCCCCCOC(=O)c1ccccc1C(=O)OCCCC. The second-order valence-corrected chi connectivity index (χ2v) is 8.41. The van der Waals surface area contributed by atoms with Gasteiger partial charge in [-0.2, -0.15) is 0 Å². The average molecular weight is 433 g/mol. The second-order valence-electron chi connectivity index (χ2n) is 8.41. The molecule has 0 atom stereocenters. The highest BCUT2D eigenvalue weighted by Gasteiger charge is 2.18. The molecule has 4 heteroatoms. The van der Waals surface area contributed by atoms with Crippen LogP contribution in [0.5, 0.6) is 0 Å². The number of ether oxygens (including phenoxy) is 2. The van der Waals surface area contributed by atoms with Crippen LogP contribution in [0.25, 0.3) is 0 Å². The maximum Gasteiger partial charge on any atom is 0.339 e. The highest BCUT2D eigenvalue weighted by atomic mass is 16.5. The Morgan fingerprint density at radius 2 is 0.903 bits per heavy atom. The van der Waals surface area contributed by atoms with Crippen LogP contribution in [0.3, 0.4) is 0 Å². The lowest BCUT2D eigenvalue weighted by atomic mass is 10.0. The van der Waals surface area contributed by atoms with Crippen molar-refractivity contribution in [1.82, 2.24) is 0 Å². The molecule has 0 unspecified atom stereocenters. The van der Waals surface area contributed by atoms with Crippen LogP contribution in [0.1, 0.15) is 131 Å². The molecule has 0 heterocycles. The maximum atomic E-state index is 12.4. The van der Waals surface area contributed by atoms with E-state index in [0.717, 1.165) is 25.7 Å². The second kappa shape index (κ2) is 18.9. The summed E-state index contributed by atoms with van der Waals surface area (Å²) < 4.78 is 10.6. The number of benzene rings is 1. The van der Waals surface area contributed by atoms with Gasteiger partial charge in [-0.15, -0.1) is 0 Å². The first-order valence-corrected chi connectivity index (χ1v) is 12.6. The summed E-state index contributed by atoms with van der Waals surface area (Å²) in [7, 11) is 0. The van der Waals surface area contributed by atoms with Crippen molar-refractivity contribution in [1.29, 1.82) is 0 Å². The van der Waals surface area contributed by atoms with Gasteiger partial charge in [0.25, 0.3) is 0 Å². The van der Waals surface area contributed by atoms with Crippen LogP contribution in [-0.4, -0.2) is 25.2 Å². The monoisotopic (exact) mass is 432 g/mol. The van der Waals surface area contributed by atoms with Crippen molar-refractivity contribution in [2.75, 3.05) is 13.2 Å². The molecule has 1 aromatic rings. The van der Waals surface area contributed by atoms with Crippen molar-refractivity contribution >= 4 is 11.9 Å². The smallest absolute Gasteiger partial charge is 0.339 e. The molecule has 0 radical (unpaired) electrons. The van der Waals surface area contributed by atoms with Crippen LogP contribution in [0.2, 0.25) is 0 Å². The fourth-order valence-corrected chi connectivity index (χ4v) is 3.59. The molecule has 0 bridgehead atoms. The first kappa shape index (κ1) is 27.2. The molecular formula is C27H44O4. The largest absolute Gasteiger partial charge is 0.462 e. The molecule has 0 saturated carbocycles. The average Bonchev–Trinajstić information content (AvgIpc) is 2.79. The summed E-state index contributed by atoms with van der Waals surface area (Å²) in [6.07, 6.45) is 18.5. The van der Waals surface area contributed by atoms with Gasteiger partial charge in [-0.3, -0.25) is 0 Å². The summed E-state index contributed by atoms with van der Waals surface area (Å²) in [4.78, 5) is 24.6. The van der Waals surface area contributed by atoms with E-state index in [-0.39, 0.29) is 5.56 Å². The molecule has 0 aromatic heterocycles. The highest BCUT2D eigenvalue weighted by Crippen LogP contribution is 2.14. The van der Waals surface area contributed by atoms with Crippen molar-refractivity contribution in [3.63, 3.8) is 0 Å². The lowest BCUT2D eigenvalue weighted by Gasteiger charge is -2.09. The van der Waals surface area contributed by atoms with Gasteiger partial charge < -0.3 is 9.47 Å². The Morgan fingerprint density at radius 3 is 1.32 bits per heavy atom. The van der Waals surface area contributed by atoms with E-state index in [1.165, 1.54) is 70.6 Å². The van der Waals surface area contributed by atoms with Crippen LogP contribution >= 0.6 is 0 Å². The zero-order chi connectivity index (χ0) is 22.6. The normalized spacial score (nSPS) is 10.8. The lowest BCUT2D eigenvalue weighted by Crippen LogP contribution is -2.15. The summed E-state index contributed by atoms with van der Waals surface area (Å²) in [6.45, 7) is 5.07. The third-order valence-electron chi connectivity index (χ3n) is 5.58. The van der Waals surface area contributed by atoms with Gasteiger partial charge in [-0.05, 0) is 25.0 Å². The molecule has 0 spiro atoms. The predicted molar refractivity (Wildman–Crippen MR) is 128 cm³/mol. The number of hydrogen-bond acceptors (Lipinski definition) is 4. The van der Waals surface area contributed by atoms with E-state index in [9.17, 15) is 9.59 Å². The van der Waals surface area contributed by atoms with Gasteiger partial charge in [0.05, 0.1) is 24.3 Å². The van der Waals surface area contributed by atoms with E-state index in [1.807, 2.05) is 6.92 Å². The number of unbranched alkanes of at least 4 members (excludes halogenated alkanes) is 13. The lowest BCUT2D eigenvalue weighted by molar-refractivity contribution is 0.0451. The van der Waals surface area contributed by atoms with E-state index in [2.05, 4.69) is 6.92 Å². The molecule has 0 aliphatic carbocycles. The summed E-state index contributed by atoms with van der Waals surface area (Å²) >= 11 is 0. The molecule has 0 aliphatic heterocycles. The third-order valence-corrected chi connectivity index (χ3v) is 5.58. The molecule has 1 aromatic carbocycles. The fourth-order valence-electron chi connectivity index (χ4n) is 3.59. The molecule has 176 valence electrons. The molecule has 31 heavy (non-hydrogen) atoms. The van der Waals surface area contributed by atoms with Gasteiger partial charge in [0.1, 0.15) is 0 Å². The zero-order valence-electron chi connectivity index (χ0n) is 20.0. The van der Waals surface area contributed by atoms with Gasteiger partial charge in [0.15, 0.2) is 0 Å². The van der Waals surface area contributed by atoms with Gasteiger partial charge in [0.2, 0.25) is 0 Å². The number of esters is 2. The minimum absolute atomic E-state index is 0.286. The van der Waals surface area contributed by atoms with Crippen molar-refractivity contribution in [2.24, 2.45) is 0 Å². The molecule has 4 nitrogen and oxygen atoms in total. The van der Waals surface area contributed by atoms with E-state index >= 15 is 0 Å². The van der Waals surface area contributed by atoms with Crippen LogP contribution in [0, 0.1) is 0 Å².